The Kier molecular flexibility index (Phi) is 2.03. The van der Waals surface area contributed by atoms with Gasteiger partial charge in [0.2, 0.25) is 0 Å². The van der Waals surface area contributed by atoms with Crippen molar-refractivity contribution in [1.82, 2.24) is 9.13 Å². The third kappa shape index (κ3) is 1.12. The van der Waals surface area contributed by atoms with E-state index in [1.54, 1.807) is 26.2 Å². The number of imidazole rings is 1. The van der Waals surface area contributed by atoms with Gasteiger partial charge in [-0.15, -0.1) is 0 Å². The van der Waals surface area contributed by atoms with Gasteiger partial charge >= 0.3 is 5.69 Å². The molecular formula is C11H8N4O. The number of nitriles is 2. The molecule has 0 aliphatic heterocycles. The van der Waals surface area contributed by atoms with Crippen molar-refractivity contribution in [2.75, 3.05) is 0 Å². The molecular weight excluding hydrogens is 204 g/mol. The quantitative estimate of drug-likeness (QED) is 0.642. The number of nitrogens with zero attached hydrogens (tertiary/aromatic N) is 4. The van der Waals surface area contributed by atoms with Crippen LogP contribution in [0.1, 0.15) is 11.1 Å². The van der Waals surface area contributed by atoms with Crippen LogP contribution in [-0.2, 0) is 14.1 Å². The van der Waals surface area contributed by atoms with E-state index in [1.165, 1.54) is 9.13 Å². The third-order valence-corrected chi connectivity index (χ3v) is 2.65. The van der Waals surface area contributed by atoms with Gasteiger partial charge in [-0.1, -0.05) is 0 Å². The van der Waals surface area contributed by atoms with Crippen LogP contribution in [0.3, 0.4) is 0 Å². The molecule has 0 fully saturated rings. The van der Waals surface area contributed by atoms with E-state index in [2.05, 4.69) is 0 Å². The van der Waals surface area contributed by atoms with E-state index >= 15 is 0 Å². The summed E-state index contributed by atoms with van der Waals surface area (Å²) >= 11 is 0. The first-order valence-corrected chi connectivity index (χ1v) is 4.59. The van der Waals surface area contributed by atoms with E-state index in [1.807, 2.05) is 12.1 Å². The zero-order valence-electron chi connectivity index (χ0n) is 8.85. The number of aromatic nitrogens is 2. The molecule has 16 heavy (non-hydrogen) atoms. The lowest BCUT2D eigenvalue weighted by Gasteiger charge is -1.97. The molecule has 0 N–H and O–H groups in total. The Morgan fingerprint density at radius 2 is 1.38 bits per heavy atom. The second-order valence-corrected chi connectivity index (χ2v) is 3.51. The number of benzene rings is 1. The van der Waals surface area contributed by atoms with E-state index in [-0.39, 0.29) is 16.8 Å². The van der Waals surface area contributed by atoms with Crippen molar-refractivity contribution in [2.24, 2.45) is 14.1 Å². The predicted octanol–water partition coefficient (Wildman–Crippen LogP) is 0.620. The van der Waals surface area contributed by atoms with Crippen molar-refractivity contribution in [3.63, 3.8) is 0 Å². The van der Waals surface area contributed by atoms with E-state index < -0.39 is 0 Å². The molecule has 5 nitrogen and oxygen atoms in total. The molecule has 0 unspecified atom stereocenters. The van der Waals surface area contributed by atoms with Gasteiger partial charge in [-0.05, 0) is 12.1 Å². The molecule has 0 aliphatic carbocycles. The number of aryl methyl sites for hydroxylation is 2. The molecule has 5 heteroatoms. The molecule has 2 rings (SSSR count). The smallest absolute Gasteiger partial charge is 0.295 e. The van der Waals surface area contributed by atoms with Gasteiger partial charge in [-0.25, -0.2) is 4.79 Å². The van der Waals surface area contributed by atoms with Crippen molar-refractivity contribution in [1.29, 1.82) is 10.5 Å². The fraction of sp³-hybridized carbons (Fsp3) is 0.182. The highest BCUT2D eigenvalue weighted by Gasteiger charge is 2.11. The van der Waals surface area contributed by atoms with E-state index in [4.69, 9.17) is 10.5 Å². The van der Waals surface area contributed by atoms with Crippen LogP contribution < -0.4 is 5.69 Å². The summed E-state index contributed by atoms with van der Waals surface area (Å²) in [7, 11) is 3.27. The average molecular weight is 212 g/mol. The lowest BCUT2D eigenvalue weighted by atomic mass is 10.1. The lowest BCUT2D eigenvalue weighted by molar-refractivity contribution is 0.795. The number of hydrogen-bond donors (Lipinski definition) is 0. The van der Waals surface area contributed by atoms with Crippen molar-refractivity contribution in [2.45, 2.75) is 0 Å². The first-order valence-electron chi connectivity index (χ1n) is 4.59. The van der Waals surface area contributed by atoms with Crippen molar-refractivity contribution in [3.8, 4) is 12.1 Å². The number of rotatable bonds is 0. The topological polar surface area (TPSA) is 74.5 Å². The SMILES string of the molecule is Cn1c(=O)n(C)c2cc(C#N)c(C#N)cc21. The Hall–Kier alpha value is -2.53. The lowest BCUT2D eigenvalue weighted by Crippen LogP contribution is -2.19. The molecule has 1 aromatic carbocycles. The predicted molar refractivity (Wildman–Crippen MR) is 57.6 cm³/mol. The van der Waals surface area contributed by atoms with Crippen molar-refractivity contribution < 1.29 is 0 Å². The Morgan fingerprint density at radius 1 is 1.00 bits per heavy atom. The molecule has 0 aliphatic rings. The molecule has 0 bridgehead atoms. The highest BCUT2D eigenvalue weighted by molar-refractivity contribution is 5.80. The standard InChI is InChI=1S/C11H8N4O/c1-14-9-3-7(5-12)8(6-13)4-10(9)15(2)11(14)16/h3-4H,1-2H3. The Labute approximate surface area is 91.4 Å². The van der Waals surface area contributed by atoms with Gasteiger partial charge < -0.3 is 0 Å². The molecule has 0 saturated heterocycles. The Balaban J connectivity index is 3.04. The summed E-state index contributed by atoms with van der Waals surface area (Å²) in [6.45, 7) is 0. The van der Waals surface area contributed by atoms with Gasteiger partial charge in [-0.3, -0.25) is 9.13 Å². The Bertz CT molecular complexity index is 661. The highest BCUT2D eigenvalue weighted by atomic mass is 16.1. The first-order chi connectivity index (χ1) is 7.60. The number of fused-ring (bicyclic) bond motifs is 1. The fourth-order valence-electron chi connectivity index (χ4n) is 1.73. The van der Waals surface area contributed by atoms with Gasteiger partial charge in [0.15, 0.2) is 0 Å². The summed E-state index contributed by atoms with van der Waals surface area (Å²) in [5.41, 5.74) is 1.72. The molecule has 0 spiro atoms. The minimum absolute atomic E-state index is 0.172. The zero-order valence-corrected chi connectivity index (χ0v) is 8.85. The summed E-state index contributed by atoms with van der Waals surface area (Å²) in [4.78, 5) is 11.6. The van der Waals surface area contributed by atoms with E-state index in [9.17, 15) is 4.79 Å². The van der Waals surface area contributed by atoms with Crippen LogP contribution in [0.4, 0.5) is 0 Å². The molecule has 0 radical (unpaired) electrons. The maximum atomic E-state index is 11.6. The summed E-state index contributed by atoms with van der Waals surface area (Å²) in [6.07, 6.45) is 0. The zero-order chi connectivity index (χ0) is 11.9. The molecule has 0 saturated carbocycles. The Morgan fingerprint density at radius 3 is 1.69 bits per heavy atom. The minimum Gasteiger partial charge on any atom is -0.295 e. The molecule has 0 amide bonds. The van der Waals surface area contributed by atoms with Crippen LogP contribution in [0.15, 0.2) is 16.9 Å². The highest BCUT2D eigenvalue weighted by Crippen LogP contribution is 2.17. The average Bonchev–Trinajstić information content (AvgIpc) is 2.52. The maximum absolute atomic E-state index is 11.6. The molecule has 1 aromatic heterocycles. The number of hydrogen-bond acceptors (Lipinski definition) is 3. The third-order valence-electron chi connectivity index (χ3n) is 2.65. The van der Waals surface area contributed by atoms with Crippen molar-refractivity contribution >= 4 is 11.0 Å². The van der Waals surface area contributed by atoms with Crippen LogP contribution in [0.2, 0.25) is 0 Å². The molecule has 2 aromatic rings. The van der Waals surface area contributed by atoms with Gasteiger partial charge in [0, 0.05) is 14.1 Å². The van der Waals surface area contributed by atoms with Crippen LogP contribution in [0.25, 0.3) is 11.0 Å². The largest absolute Gasteiger partial charge is 0.328 e. The van der Waals surface area contributed by atoms with Crippen LogP contribution in [-0.4, -0.2) is 9.13 Å². The summed E-state index contributed by atoms with van der Waals surface area (Å²) in [6, 6.07) is 7.02. The van der Waals surface area contributed by atoms with Crippen molar-refractivity contribution in [3.05, 3.63) is 33.7 Å². The summed E-state index contributed by atoms with van der Waals surface area (Å²) < 4.78 is 2.91. The van der Waals surface area contributed by atoms with Crippen LogP contribution in [0.5, 0.6) is 0 Å². The van der Waals surface area contributed by atoms with Gasteiger partial charge in [-0.2, -0.15) is 10.5 Å². The maximum Gasteiger partial charge on any atom is 0.328 e. The van der Waals surface area contributed by atoms with Gasteiger partial charge in [0.1, 0.15) is 12.1 Å². The van der Waals surface area contributed by atoms with Gasteiger partial charge in [0.25, 0.3) is 0 Å². The summed E-state index contributed by atoms with van der Waals surface area (Å²) in [5, 5.41) is 17.8. The second kappa shape index (κ2) is 3.25. The van der Waals surface area contributed by atoms with E-state index in [0.29, 0.717) is 11.0 Å². The minimum atomic E-state index is -0.172. The second-order valence-electron chi connectivity index (χ2n) is 3.51. The summed E-state index contributed by atoms with van der Waals surface area (Å²) in [5.74, 6) is 0. The van der Waals surface area contributed by atoms with Crippen LogP contribution >= 0.6 is 0 Å². The molecule has 78 valence electrons. The fourth-order valence-corrected chi connectivity index (χ4v) is 1.73. The monoisotopic (exact) mass is 212 g/mol. The first kappa shape index (κ1) is 10.0. The van der Waals surface area contributed by atoms with E-state index in [0.717, 1.165) is 0 Å². The normalized spacial score (nSPS) is 10.0. The van der Waals surface area contributed by atoms with Gasteiger partial charge in [0.05, 0.1) is 22.2 Å². The molecule has 0 atom stereocenters. The van der Waals surface area contributed by atoms with Crippen LogP contribution in [0, 0.1) is 22.7 Å². The molecule has 1 heterocycles.